The summed E-state index contributed by atoms with van der Waals surface area (Å²) in [7, 11) is -3.67. The van der Waals surface area contributed by atoms with E-state index >= 15 is 0 Å². The van der Waals surface area contributed by atoms with Gasteiger partial charge in [0, 0.05) is 10.8 Å². The molecule has 0 bridgehead atoms. The first-order valence-electron chi connectivity index (χ1n) is 6.77. The van der Waals surface area contributed by atoms with Crippen LogP contribution >= 0.6 is 0 Å². The topological polar surface area (TPSA) is 66.4 Å². The molecule has 0 aliphatic heterocycles. The molecule has 0 atom stereocenters. The number of aryl methyl sites for hydroxylation is 1. The monoisotopic (exact) mass is 313 g/mol. The first-order valence-corrected chi connectivity index (χ1v) is 8.26. The van der Waals surface area contributed by atoms with Crippen LogP contribution in [0.4, 0.5) is 5.69 Å². The van der Waals surface area contributed by atoms with E-state index in [9.17, 15) is 13.5 Å². The molecule has 3 rings (SSSR count). The Kier molecular flexibility index (Phi) is 3.50. The second-order valence-corrected chi connectivity index (χ2v) is 6.78. The molecule has 0 fully saturated rings. The van der Waals surface area contributed by atoms with Crippen molar-refractivity contribution in [1.29, 1.82) is 0 Å². The normalized spacial score (nSPS) is 11.5. The zero-order valence-electron chi connectivity index (χ0n) is 11.9. The van der Waals surface area contributed by atoms with Crippen molar-refractivity contribution in [1.82, 2.24) is 0 Å². The number of phenolic OH excluding ortho intramolecular Hbond substituents is 1. The number of sulfonamides is 1. The third-order valence-electron chi connectivity index (χ3n) is 3.47. The maximum absolute atomic E-state index is 12.5. The van der Waals surface area contributed by atoms with E-state index in [0.29, 0.717) is 16.5 Å². The van der Waals surface area contributed by atoms with Crippen molar-refractivity contribution < 1.29 is 13.5 Å². The molecule has 0 radical (unpaired) electrons. The minimum atomic E-state index is -3.67. The van der Waals surface area contributed by atoms with Crippen molar-refractivity contribution in [3.05, 3.63) is 66.2 Å². The van der Waals surface area contributed by atoms with Gasteiger partial charge in [0.05, 0.1) is 10.6 Å². The number of rotatable bonds is 3. The molecule has 0 spiro atoms. The average Bonchev–Trinajstić information content (AvgIpc) is 2.48. The van der Waals surface area contributed by atoms with Gasteiger partial charge in [0.2, 0.25) is 0 Å². The van der Waals surface area contributed by atoms with E-state index < -0.39 is 10.0 Å². The first kappa shape index (κ1) is 14.4. The molecular formula is C17H15NO3S. The lowest BCUT2D eigenvalue weighted by molar-refractivity contribution is 0.481. The molecule has 0 saturated heterocycles. The number of hydrogen-bond donors (Lipinski definition) is 2. The minimum absolute atomic E-state index is 0.119. The van der Waals surface area contributed by atoms with Crippen molar-refractivity contribution in [3.63, 3.8) is 0 Å². The van der Waals surface area contributed by atoms with Crippen LogP contribution in [-0.2, 0) is 10.0 Å². The predicted octanol–water partition coefficient (Wildman–Crippen LogP) is 3.65. The average molecular weight is 313 g/mol. The highest BCUT2D eigenvalue weighted by molar-refractivity contribution is 7.92. The molecule has 5 heteroatoms. The third-order valence-corrected chi connectivity index (χ3v) is 4.86. The summed E-state index contributed by atoms with van der Waals surface area (Å²) in [5, 5.41) is 11.1. The van der Waals surface area contributed by atoms with Gasteiger partial charge in [-0.1, -0.05) is 42.0 Å². The van der Waals surface area contributed by atoms with Crippen LogP contribution in [-0.4, -0.2) is 13.5 Å². The number of phenols is 1. The Bertz CT molecular complexity index is 932. The number of hydrogen-bond acceptors (Lipinski definition) is 3. The summed E-state index contributed by atoms with van der Waals surface area (Å²) in [6.07, 6.45) is 0. The van der Waals surface area contributed by atoms with Gasteiger partial charge in [0.25, 0.3) is 10.0 Å². The third kappa shape index (κ3) is 2.63. The fourth-order valence-corrected chi connectivity index (χ4v) is 3.38. The molecule has 0 saturated carbocycles. The lowest BCUT2D eigenvalue weighted by Crippen LogP contribution is -2.13. The van der Waals surface area contributed by atoms with E-state index in [2.05, 4.69) is 4.72 Å². The van der Waals surface area contributed by atoms with Gasteiger partial charge in [0.1, 0.15) is 5.75 Å². The van der Waals surface area contributed by atoms with E-state index in [-0.39, 0.29) is 10.6 Å². The van der Waals surface area contributed by atoms with Crippen molar-refractivity contribution in [2.24, 2.45) is 0 Å². The fraction of sp³-hybridized carbons (Fsp3) is 0.0588. The Morgan fingerprint density at radius 1 is 0.864 bits per heavy atom. The molecule has 2 N–H and O–H groups in total. The van der Waals surface area contributed by atoms with Crippen LogP contribution in [0.25, 0.3) is 10.8 Å². The summed E-state index contributed by atoms with van der Waals surface area (Å²) in [5.74, 6) is 0.119. The highest BCUT2D eigenvalue weighted by Gasteiger charge is 2.15. The molecule has 0 amide bonds. The Labute approximate surface area is 129 Å². The predicted molar refractivity (Wildman–Crippen MR) is 87.6 cm³/mol. The molecular weight excluding hydrogens is 298 g/mol. The van der Waals surface area contributed by atoms with Crippen LogP contribution < -0.4 is 4.72 Å². The maximum atomic E-state index is 12.5. The SMILES string of the molecule is Cc1ccc(S(=O)(=O)Nc2cccc3c(O)cccc23)cc1. The summed E-state index contributed by atoms with van der Waals surface area (Å²) in [4.78, 5) is 0.204. The van der Waals surface area contributed by atoms with Crippen LogP contribution in [0, 0.1) is 6.92 Å². The van der Waals surface area contributed by atoms with Gasteiger partial charge >= 0.3 is 0 Å². The Morgan fingerprint density at radius 2 is 1.50 bits per heavy atom. The summed E-state index contributed by atoms with van der Waals surface area (Å²) < 4.78 is 27.5. The lowest BCUT2D eigenvalue weighted by atomic mass is 10.1. The van der Waals surface area contributed by atoms with E-state index in [1.165, 1.54) is 0 Å². The molecule has 4 nitrogen and oxygen atoms in total. The van der Waals surface area contributed by atoms with Gasteiger partial charge < -0.3 is 5.11 Å². The zero-order chi connectivity index (χ0) is 15.7. The van der Waals surface area contributed by atoms with E-state index in [4.69, 9.17) is 0 Å². The maximum Gasteiger partial charge on any atom is 0.261 e. The van der Waals surface area contributed by atoms with E-state index in [0.717, 1.165) is 5.56 Å². The van der Waals surface area contributed by atoms with Crippen molar-refractivity contribution in [2.75, 3.05) is 4.72 Å². The van der Waals surface area contributed by atoms with Gasteiger partial charge in [-0.25, -0.2) is 8.42 Å². The van der Waals surface area contributed by atoms with E-state index in [1.54, 1.807) is 60.7 Å². The summed E-state index contributed by atoms with van der Waals surface area (Å²) >= 11 is 0. The smallest absolute Gasteiger partial charge is 0.261 e. The molecule has 3 aromatic rings. The largest absolute Gasteiger partial charge is 0.507 e. The molecule has 0 heterocycles. The molecule has 3 aromatic carbocycles. The Morgan fingerprint density at radius 3 is 2.23 bits per heavy atom. The van der Waals surface area contributed by atoms with Crippen LogP contribution in [0.5, 0.6) is 5.75 Å². The number of fused-ring (bicyclic) bond motifs is 1. The molecule has 22 heavy (non-hydrogen) atoms. The van der Waals surface area contributed by atoms with Crippen molar-refractivity contribution in [2.45, 2.75) is 11.8 Å². The standard InChI is InChI=1S/C17H15NO3S/c1-12-8-10-13(11-9-12)22(20,21)18-16-6-2-5-15-14(16)4-3-7-17(15)19/h2-11,18-19H,1H3. The van der Waals surface area contributed by atoms with Gasteiger partial charge in [-0.15, -0.1) is 0 Å². The quantitative estimate of drug-likeness (QED) is 0.775. The summed E-state index contributed by atoms with van der Waals surface area (Å²) in [6, 6.07) is 16.8. The summed E-state index contributed by atoms with van der Waals surface area (Å²) in [6.45, 7) is 1.90. The Balaban J connectivity index is 2.06. The summed E-state index contributed by atoms with van der Waals surface area (Å²) in [5.41, 5.74) is 1.43. The number of aromatic hydroxyl groups is 1. The van der Waals surface area contributed by atoms with Crippen LogP contribution in [0.1, 0.15) is 5.56 Å². The van der Waals surface area contributed by atoms with E-state index in [1.807, 2.05) is 6.92 Å². The first-order chi connectivity index (χ1) is 10.5. The molecule has 112 valence electrons. The van der Waals surface area contributed by atoms with Crippen molar-refractivity contribution in [3.8, 4) is 5.75 Å². The molecule has 0 unspecified atom stereocenters. The fourth-order valence-electron chi connectivity index (χ4n) is 2.30. The number of anilines is 1. The minimum Gasteiger partial charge on any atom is -0.507 e. The Hall–Kier alpha value is -2.53. The van der Waals surface area contributed by atoms with Crippen molar-refractivity contribution >= 4 is 26.5 Å². The second kappa shape index (κ2) is 5.35. The molecule has 0 aliphatic carbocycles. The molecule has 0 aliphatic rings. The van der Waals surface area contributed by atoms with Crippen LogP contribution in [0.3, 0.4) is 0 Å². The number of nitrogens with one attached hydrogen (secondary N) is 1. The number of benzene rings is 3. The van der Waals surface area contributed by atoms with Gasteiger partial charge in [-0.2, -0.15) is 0 Å². The van der Waals surface area contributed by atoms with Crippen LogP contribution in [0.15, 0.2) is 65.6 Å². The second-order valence-electron chi connectivity index (χ2n) is 5.10. The van der Waals surface area contributed by atoms with Gasteiger partial charge in [-0.05, 0) is 31.2 Å². The van der Waals surface area contributed by atoms with Crippen LogP contribution in [0.2, 0.25) is 0 Å². The van der Waals surface area contributed by atoms with Gasteiger partial charge in [-0.3, -0.25) is 4.72 Å². The highest BCUT2D eigenvalue weighted by Crippen LogP contribution is 2.31. The van der Waals surface area contributed by atoms with Gasteiger partial charge in [0.15, 0.2) is 0 Å². The lowest BCUT2D eigenvalue weighted by Gasteiger charge is -2.11. The highest BCUT2D eigenvalue weighted by atomic mass is 32.2. The molecule has 0 aromatic heterocycles. The zero-order valence-corrected chi connectivity index (χ0v) is 12.8.